The van der Waals surface area contributed by atoms with Gasteiger partial charge in [0.15, 0.2) is 0 Å². The third kappa shape index (κ3) is 2.55. The minimum atomic E-state index is -0.484. The summed E-state index contributed by atoms with van der Waals surface area (Å²) in [7, 11) is 0. The molecule has 116 valence electrons. The molecule has 0 aliphatic carbocycles. The van der Waals surface area contributed by atoms with E-state index in [1.807, 2.05) is 36.1 Å². The number of hydrogen-bond donors (Lipinski definition) is 2. The third-order valence-corrected chi connectivity index (χ3v) is 4.70. The maximum absolute atomic E-state index is 12.9. The second kappa shape index (κ2) is 5.97. The van der Waals surface area contributed by atoms with Gasteiger partial charge >= 0.3 is 0 Å². The molecule has 2 aromatic rings. The monoisotopic (exact) mass is 298 g/mol. The van der Waals surface area contributed by atoms with E-state index in [1.165, 1.54) is 0 Å². The molecular formula is C18H22N2O2. The average Bonchev–Trinajstić information content (AvgIpc) is 3.14. The minimum Gasteiger partial charge on any atom is -0.394 e. The molecule has 1 aliphatic rings. The van der Waals surface area contributed by atoms with Crippen molar-refractivity contribution in [3.63, 3.8) is 0 Å². The topological polar surface area (TPSA) is 56.3 Å². The van der Waals surface area contributed by atoms with Crippen molar-refractivity contribution in [2.75, 3.05) is 13.2 Å². The summed E-state index contributed by atoms with van der Waals surface area (Å²) in [6, 6.07) is 11.9. The number of aromatic nitrogens is 1. The lowest BCUT2D eigenvalue weighted by atomic mass is 9.88. The summed E-state index contributed by atoms with van der Waals surface area (Å²) in [5, 5.41) is 10.1. The van der Waals surface area contributed by atoms with E-state index in [0.717, 1.165) is 24.1 Å². The van der Waals surface area contributed by atoms with E-state index in [4.69, 9.17) is 0 Å². The highest BCUT2D eigenvalue weighted by Gasteiger charge is 2.43. The summed E-state index contributed by atoms with van der Waals surface area (Å²) in [4.78, 5) is 17.8. The maximum atomic E-state index is 12.9. The number of carbonyl (C=O) groups is 1. The molecule has 22 heavy (non-hydrogen) atoms. The number of hydrogen-bond acceptors (Lipinski definition) is 2. The molecule has 4 nitrogen and oxygen atoms in total. The van der Waals surface area contributed by atoms with Gasteiger partial charge in [-0.3, -0.25) is 4.79 Å². The highest BCUT2D eigenvalue weighted by atomic mass is 16.3. The third-order valence-electron chi connectivity index (χ3n) is 4.70. The molecule has 0 radical (unpaired) electrons. The van der Waals surface area contributed by atoms with E-state index in [1.54, 1.807) is 6.20 Å². The molecule has 1 atom stereocenters. The van der Waals surface area contributed by atoms with Crippen molar-refractivity contribution in [1.29, 1.82) is 0 Å². The van der Waals surface area contributed by atoms with Gasteiger partial charge in [0.1, 0.15) is 0 Å². The maximum Gasteiger partial charge on any atom is 0.256 e. The Morgan fingerprint density at radius 2 is 2.09 bits per heavy atom. The quantitative estimate of drug-likeness (QED) is 0.911. The number of aryl methyl sites for hydroxylation is 1. The normalized spacial score (nSPS) is 21.3. The van der Waals surface area contributed by atoms with Gasteiger partial charge < -0.3 is 15.0 Å². The van der Waals surface area contributed by atoms with Crippen molar-refractivity contribution in [3.05, 3.63) is 59.4 Å². The fourth-order valence-corrected chi connectivity index (χ4v) is 3.47. The van der Waals surface area contributed by atoms with Crippen molar-refractivity contribution in [3.8, 4) is 0 Å². The van der Waals surface area contributed by atoms with Crippen molar-refractivity contribution in [1.82, 2.24) is 9.88 Å². The summed E-state index contributed by atoms with van der Waals surface area (Å²) in [5.41, 5.74) is 2.25. The highest BCUT2D eigenvalue weighted by molar-refractivity contribution is 5.96. The Labute approximate surface area is 130 Å². The molecule has 4 heteroatoms. The van der Waals surface area contributed by atoms with Crippen molar-refractivity contribution >= 4 is 5.91 Å². The molecule has 1 saturated heterocycles. The predicted octanol–water partition coefficient (Wildman–Crippen LogP) is 2.53. The molecule has 2 heterocycles. The molecule has 0 saturated carbocycles. The van der Waals surface area contributed by atoms with Crippen LogP contribution in [-0.4, -0.2) is 39.6 Å². The summed E-state index contributed by atoms with van der Waals surface area (Å²) in [6.45, 7) is 2.61. The van der Waals surface area contributed by atoms with Gasteiger partial charge in [0.25, 0.3) is 5.91 Å². The number of benzene rings is 1. The SMILES string of the molecule is Cc1[nH]ccc1C(=O)N1CCCC1(CO)Cc1ccccc1. The number of H-pyrrole nitrogens is 1. The molecule has 2 N–H and O–H groups in total. The van der Waals surface area contributed by atoms with E-state index in [2.05, 4.69) is 17.1 Å². The number of aromatic amines is 1. The smallest absolute Gasteiger partial charge is 0.256 e. The van der Waals surface area contributed by atoms with Gasteiger partial charge in [0, 0.05) is 18.4 Å². The van der Waals surface area contributed by atoms with Gasteiger partial charge in [0.05, 0.1) is 17.7 Å². The molecule has 3 rings (SSSR count). The van der Waals surface area contributed by atoms with Crippen LogP contribution >= 0.6 is 0 Å². The number of rotatable bonds is 4. The van der Waals surface area contributed by atoms with Gasteiger partial charge in [-0.25, -0.2) is 0 Å². The van der Waals surface area contributed by atoms with E-state index in [9.17, 15) is 9.90 Å². The zero-order chi connectivity index (χ0) is 15.6. The second-order valence-corrected chi connectivity index (χ2v) is 6.12. The Bertz CT molecular complexity index is 650. The van der Waals surface area contributed by atoms with E-state index >= 15 is 0 Å². The largest absolute Gasteiger partial charge is 0.394 e. The van der Waals surface area contributed by atoms with Crippen LogP contribution in [0.2, 0.25) is 0 Å². The molecule has 0 bridgehead atoms. The Morgan fingerprint density at radius 1 is 1.32 bits per heavy atom. The molecule has 1 aromatic carbocycles. The number of likely N-dealkylation sites (tertiary alicyclic amines) is 1. The predicted molar refractivity (Wildman–Crippen MR) is 85.8 cm³/mol. The second-order valence-electron chi connectivity index (χ2n) is 6.12. The lowest BCUT2D eigenvalue weighted by molar-refractivity contribution is 0.0412. The first-order valence-corrected chi connectivity index (χ1v) is 7.77. The molecule has 1 fully saturated rings. The van der Waals surface area contributed by atoms with Gasteiger partial charge in [-0.2, -0.15) is 0 Å². The highest BCUT2D eigenvalue weighted by Crippen LogP contribution is 2.34. The van der Waals surface area contributed by atoms with Crippen LogP contribution in [0.1, 0.15) is 34.5 Å². The Morgan fingerprint density at radius 3 is 2.73 bits per heavy atom. The zero-order valence-electron chi connectivity index (χ0n) is 12.9. The molecule has 1 aromatic heterocycles. The summed E-state index contributed by atoms with van der Waals surface area (Å²) < 4.78 is 0. The van der Waals surface area contributed by atoms with Crippen LogP contribution in [0.4, 0.5) is 0 Å². The first-order chi connectivity index (χ1) is 10.7. The zero-order valence-corrected chi connectivity index (χ0v) is 12.9. The Kier molecular flexibility index (Phi) is 4.03. The number of aliphatic hydroxyl groups excluding tert-OH is 1. The van der Waals surface area contributed by atoms with Crippen LogP contribution in [0.15, 0.2) is 42.6 Å². The molecule has 0 spiro atoms. The Hall–Kier alpha value is -2.07. The summed E-state index contributed by atoms with van der Waals surface area (Å²) in [5.74, 6) is 0.0150. The average molecular weight is 298 g/mol. The number of carbonyl (C=O) groups excluding carboxylic acids is 1. The van der Waals surface area contributed by atoms with Crippen LogP contribution in [0.5, 0.6) is 0 Å². The number of nitrogens with one attached hydrogen (secondary N) is 1. The van der Waals surface area contributed by atoms with Gasteiger partial charge in [-0.1, -0.05) is 30.3 Å². The molecular weight excluding hydrogens is 276 g/mol. The van der Waals surface area contributed by atoms with Gasteiger partial charge in [-0.15, -0.1) is 0 Å². The van der Waals surface area contributed by atoms with Gasteiger partial charge in [0.2, 0.25) is 0 Å². The van der Waals surface area contributed by atoms with Crippen LogP contribution in [0.25, 0.3) is 0 Å². The van der Waals surface area contributed by atoms with Crippen LogP contribution in [-0.2, 0) is 6.42 Å². The number of aliphatic hydroxyl groups is 1. The minimum absolute atomic E-state index is 0.00287. The lowest BCUT2D eigenvalue weighted by Gasteiger charge is -2.37. The standard InChI is InChI=1S/C18H22N2O2/c1-14-16(8-10-19-14)17(22)20-11-5-9-18(20,13-21)12-15-6-3-2-4-7-15/h2-4,6-8,10,19,21H,5,9,11-13H2,1H3. The Balaban J connectivity index is 1.89. The fraction of sp³-hybridized carbons (Fsp3) is 0.389. The van der Waals surface area contributed by atoms with Crippen molar-refractivity contribution in [2.45, 2.75) is 31.7 Å². The van der Waals surface area contributed by atoms with Gasteiger partial charge in [-0.05, 0) is 37.8 Å². The van der Waals surface area contributed by atoms with Crippen molar-refractivity contribution in [2.24, 2.45) is 0 Å². The first kappa shape index (κ1) is 14.9. The molecule has 1 amide bonds. The summed E-state index contributed by atoms with van der Waals surface area (Å²) in [6.07, 6.45) is 4.26. The first-order valence-electron chi connectivity index (χ1n) is 7.77. The van der Waals surface area contributed by atoms with E-state index < -0.39 is 5.54 Å². The molecule has 1 unspecified atom stereocenters. The van der Waals surface area contributed by atoms with E-state index in [0.29, 0.717) is 18.5 Å². The fourth-order valence-electron chi connectivity index (χ4n) is 3.47. The van der Waals surface area contributed by atoms with Crippen LogP contribution in [0, 0.1) is 6.92 Å². The number of amides is 1. The van der Waals surface area contributed by atoms with Crippen LogP contribution in [0.3, 0.4) is 0 Å². The van der Waals surface area contributed by atoms with E-state index in [-0.39, 0.29) is 12.5 Å². The summed E-state index contributed by atoms with van der Waals surface area (Å²) >= 11 is 0. The number of nitrogens with zero attached hydrogens (tertiary/aromatic N) is 1. The van der Waals surface area contributed by atoms with Crippen molar-refractivity contribution < 1.29 is 9.90 Å². The lowest BCUT2D eigenvalue weighted by Crippen LogP contribution is -2.51. The van der Waals surface area contributed by atoms with Crippen LogP contribution < -0.4 is 0 Å². The molecule has 1 aliphatic heterocycles.